The molecule has 0 bridgehead atoms. The van der Waals surface area contributed by atoms with E-state index in [0.29, 0.717) is 23.9 Å². The van der Waals surface area contributed by atoms with Crippen molar-refractivity contribution in [2.24, 2.45) is 5.92 Å². The SMILES string of the molecule is CNCc1cc(OCc2c(F)ccc(C)c2F)n(CC2CCCC2)n1.Cl. The summed E-state index contributed by atoms with van der Waals surface area (Å²) in [5.41, 5.74) is 1.24. The number of rotatable bonds is 7. The summed E-state index contributed by atoms with van der Waals surface area (Å²) in [5.74, 6) is 0.0345. The Hall–Kier alpha value is -1.66. The fourth-order valence-electron chi connectivity index (χ4n) is 3.40. The van der Waals surface area contributed by atoms with Gasteiger partial charge in [-0.05, 0) is 44.4 Å². The molecule has 3 rings (SSSR count). The third kappa shape index (κ3) is 4.74. The Morgan fingerprint density at radius 2 is 2.00 bits per heavy atom. The van der Waals surface area contributed by atoms with Crippen molar-refractivity contribution >= 4 is 12.4 Å². The lowest BCUT2D eigenvalue weighted by Crippen LogP contribution is -2.13. The van der Waals surface area contributed by atoms with E-state index in [2.05, 4.69) is 10.4 Å². The highest BCUT2D eigenvalue weighted by molar-refractivity contribution is 5.85. The standard InChI is InChI=1S/C19H25F2N3O.ClH/c1-13-7-8-17(20)16(19(13)21)12-25-18-9-15(10-22-2)23-24(18)11-14-5-3-4-6-14;/h7-9,14,22H,3-6,10-12H2,1-2H3;1H. The van der Waals surface area contributed by atoms with Crippen molar-refractivity contribution in [3.63, 3.8) is 0 Å². The lowest BCUT2D eigenvalue weighted by atomic mass is 10.1. The molecule has 7 heteroatoms. The smallest absolute Gasteiger partial charge is 0.212 e. The van der Waals surface area contributed by atoms with Gasteiger partial charge in [0, 0.05) is 19.2 Å². The van der Waals surface area contributed by atoms with Crippen LogP contribution in [-0.4, -0.2) is 16.8 Å². The van der Waals surface area contributed by atoms with Crippen LogP contribution in [-0.2, 0) is 19.7 Å². The Bertz CT molecular complexity index is 730. The molecular weight excluding hydrogens is 360 g/mol. The lowest BCUT2D eigenvalue weighted by Gasteiger charge is -2.14. The Morgan fingerprint density at radius 1 is 1.27 bits per heavy atom. The van der Waals surface area contributed by atoms with E-state index in [1.54, 1.807) is 6.92 Å². The minimum absolute atomic E-state index is 0. The van der Waals surface area contributed by atoms with E-state index in [1.165, 1.54) is 37.8 Å². The first-order chi connectivity index (χ1) is 12.1. The zero-order valence-electron chi connectivity index (χ0n) is 15.2. The Morgan fingerprint density at radius 3 is 2.69 bits per heavy atom. The number of nitrogens with one attached hydrogen (secondary N) is 1. The maximum absolute atomic E-state index is 14.2. The van der Waals surface area contributed by atoms with Gasteiger partial charge in [0.05, 0.1) is 11.3 Å². The molecule has 144 valence electrons. The number of halogens is 3. The van der Waals surface area contributed by atoms with Crippen molar-refractivity contribution < 1.29 is 13.5 Å². The number of aromatic nitrogens is 2. The molecular formula is C19H26ClF2N3O. The summed E-state index contributed by atoms with van der Waals surface area (Å²) in [6.45, 7) is 2.89. The average Bonchev–Trinajstić information content (AvgIpc) is 3.22. The maximum Gasteiger partial charge on any atom is 0.212 e. The molecule has 1 heterocycles. The molecule has 4 nitrogen and oxygen atoms in total. The summed E-state index contributed by atoms with van der Waals surface area (Å²) >= 11 is 0. The van der Waals surface area contributed by atoms with E-state index in [4.69, 9.17) is 4.74 Å². The predicted molar refractivity (Wildman–Crippen MR) is 99.6 cm³/mol. The summed E-state index contributed by atoms with van der Waals surface area (Å²) in [5, 5.41) is 7.65. The van der Waals surface area contributed by atoms with Gasteiger partial charge in [-0.15, -0.1) is 12.4 Å². The van der Waals surface area contributed by atoms with Gasteiger partial charge in [0.25, 0.3) is 0 Å². The maximum atomic E-state index is 14.2. The number of benzene rings is 1. The van der Waals surface area contributed by atoms with Gasteiger partial charge in [-0.3, -0.25) is 0 Å². The second kappa shape index (κ2) is 9.33. The van der Waals surface area contributed by atoms with Gasteiger partial charge in [-0.25, -0.2) is 13.5 Å². The molecule has 0 amide bonds. The molecule has 26 heavy (non-hydrogen) atoms. The Labute approximate surface area is 159 Å². The summed E-state index contributed by atoms with van der Waals surface area (Å²) in [4.78, 5) is 0. The summed E-state index contributed by atoms with van der Waals surface area (Å²) in [7, 11) is 1.86. The minimum atomic E-state index is -0.583. The van der Waals surface area contributed by atoms with Gasteiger partial charge in [0.15, 0.2) is 0 Å². The second-order valence-corrected chi connectivity index (χ2v) is 6.78. The van der Waals surface area contributed by atoms with Crippen molar-refractivity contribution in [3.05, 3.63) is 46.7 Å². The van der Waals surface area contributed by atoms with Gasteiger partial charge in [-0.1, -0.05) is 18.9 Å². The van der Waals surface area contributed by atoms with E-state index in [1.807, 2.05) is 17.8 Å². The van der Waals surface area contributed by atoms with Gasteiger partial charge < -0.3 is 10.1 Å². The van der Waals surface area contributed by atoms with Crippen LogP contribution in [0, 0.1) is 24.5 Å². The van der Waals surface area contributed by atoms with Crippen LogP contribution in [0.3, 0.4) is 0 Å². The lowest BCUT2D eigenvalue weighted by molar-refractivity contribution is 0.252. The fourth-order valence-corrected chi connectivity index (χ4v) is 3.40. The quantitative estimate of drug-likeness (QED) is 0.768. The first kappa shape index (κ1) is 20.6. The van der Waals surface area contributed by atoms with E-state index < -0.39 is 11.6 Å². The minimum Gasteiger partial charge on any atom is -0.473 e. The van der Waals surface area contributed by atoms with Crippen molar-refractivity contribution in [1.82, 2.24) is 15.1 Å². The highest BCUT2D eigenvalue weighted by Crippen LogP contribution is 2.28. The monoisotopic (exact) mass is 385 g/mol. The number of ether oxygens (including phenoxy) is 1. The third-order valence-corrected chi connectivity index (χ3v) is 4.80. The molecule has 1 fully saturated rings. The topological polar surface area (TPSA) is 39.1 Å². The van der Waals surface area contributed by atoms with Crippen LogP contribution in [0.1, 0.15) is 42.5 Å². The number of nitrogens with zero attached hydrogens (tertiary/aromatic N) is 2. The average molecular weight is 386 g/mol. The van der Waals surface area contributed by atoms with E-state index in [9.17, 15) is 8.78 Å². The van der Waals surface area contributed by atoms with Crippen LogP contribution in [0.4, 0.5) is 8.78 Å². The van der Waals surface area contributed by atoms with Gasteiger partial charge in [-0.2, -0.15) is 5.10 Å². The number of aryl methyl sites for hydroxylation is 1. The molecule has 2 aromatic rings. The molecule has 0 aliphatic heterocycles. The highest BCUT2D eigenvalue weighted by atomic mass is 35.5. The van der Waals surface area contributed by atoms with Crippen LogP contribution in [0.2, 0.25) is 0 Å². The van der Waals surface area contributed by atoms with Gasteiger partial charge in [0.2, 0.25) is 5.88 Å². The van der Waals surface area contributed by atoms with Crippen molar-refractivity contribution in [2.75, 3.05) is 7.05 Å². The molecule has 1 aromatic heterocycles. The molecule has 0 radical (unpaired) electrons. The van der Waals surface area contributed by atoms with Crippen LogP contribution >= 0.6 is 12.4 Å². The molecule has 0 spiro atoms. The molecule has 0 unspecified atom stereocenters. The van der Waals surface area contributed by atoms with Gasteiger partial charge >= 0.3 is 0 Å². The first-order valence-electron chi connectivity index (χ1n) is 8.86. The zero-order valence-corrected chi connectivity index (χ0v) is 16.0. The van der Waals surface area contributed by atoms with Crippen molar-refractivity contribution in [1.29, 1.82) is 0 Å². The summed E-state index contributed by atoms with van der Waals surface area (Å²) in [6, 6.07) is 4.56. The van der Waals surface area contributed by atoms with Crippen LogP contribution in [0.15, 0.2) is 18.2 Å². The molecule has 1 N–H and O–H groups in total. The molecule has 1 aliphatic carbocycles. The molecule has 0 atom stereocenters. The third-order valence-electron chi connectivity index (χ3n) is 4.80. The molecule has 0 saturated heterocycles. The molecule has 1 aliphatic rings. The van der Waals surface area contributed by atoms with Crippen LogP contribution in [0.5, 0.6) is 5.88 Å². The normalized spacial score (nSPS) is 14.5. The molecule has 1 saturated carbocycles. The summed E-state index contributed by atoms with van der Waals surface area (Å²) in [6.07, 6.45) is 4.90. The van der Waals surface area contributed by atoms with E-state index >= 15 is 0 Å². The predicted octanol–water partition coefficient (Wildman–Crippen LogP) is 4.38. The second-order valence-electron chi connectivity index (χ2n) is 6.78. The van der Waals surface area contributed by atoms with E-state index in [-0.39, 0.29) is 24.6 Å². The van der Waals surface area contributed by atoms with Gasteiger partial charge in [0.1, 0.15) is 18.2 Å². The Kier molecular flexibility index (Phi) is 7.41. The zero-order chi connectivity index (χ0) is 17.8. The van der Waals surface area contributed by atoms with Crippen molar-refractivity contribution in [3.8, 4) is 5.88 Å². The number of hydrogen-bond donors (Lipinski definition) is 1. The fraction of sp³-hybridized carbons (Fsp3) is 0.526. The number of hydrogen-bond acceptors (Lipinski definition) is 3. The molecule has 1 aromatic carbocycles. The van der Waals surface area contributed by atoms with Crippen LogP contribution < -0.4 is 10.1 Å². The largest absolute Gasteiger partial charge is 0.473 e. The van der Waals surface area contributed by atoms with Crippen LogP contribution in [0.25, 0.3) is 0 Å². The first-order valence-corrected chi connectivity index (χ1v) is 8.86. The summed E-state index contributed by atoms with van der Waals surface area (Å²) < 4.78 is 35.7. The van der Waals surface area contributed by atoms with Crippen molar-refractivity contribution in [2.45, 2.75) is 52.3 Å². The van der Waals surface area contributed by atoms with E-state index in [0.717, 1.165) is 12.2 Å². The highest BCUT2D eigenvalue weighted by Gasteiger charge is 2.20. The Balaban J connectivity index is 0.00000243.